The third-order valence-corrected chi connectivity index (χ3v) is 6.44. The van der Waals surface area contributed by atoms with Crippen LogP contribution in [0.5, 0.6) is 0 Å². The summed E-state index contributed by atoms with van der Waals surface area (Å²) in [6.07, 6.45) is 2.28. The highest BCUT2D eigenvalue weighted by Gasteiger charge is 2.35. The minimum Gasteiger partial charge on any atom is -0.465 e. The number of nitrogens with one attached hydrogen (secondary N) is 1. The summed E-state index contributed by atoms with van der Waals surface area (Å²) in [5.74, 6) is -1.97. The molecule has 2 aromatic rings. The molecular formula is C30H39FN2O5. The Labute approximate surface area is 224 Å². The summed E-state index contributed by atoms with van der Waals surface area (Å²) in [4.78, 5) is 40.6. The van der Waals surface area contributed by atoms with Crippen LogP contribution in [0.15, 0.2) is 54.6 Å². The van der Waals surface area contributed by atoms with Crippen LogP contribution in [0.4, 0.5) is 4.39 Å². The van der Waals surface area contributed by atoms with Gasteiger partial charge >= 0.3 is 11.9 Å². The molecule has 8 heteroatoms. The number of esters is 2. The molecule has 3 rings (SSSR count). The third-order valence-electron chi connectivity index (χ3n) is 6.44. The summed E-state index contributed by atoms with van der Waals surface area (Å²) in [5.41, 5.74) is 1.12. The van der Waals surface area contributed by atoms with E-state index in [1.54, 1.807) is 39.8 Å². The normalized spacial score (nSPS) is 19.0. The molecule has 1 heterocycles. The van der Waals surface area contributed by atoms with E-state index in [0.29, 0.717) is 31.2 Å². The van der Waals surface area contributed by atoms with Gasteiger partial charge in [-0.2, -0.15) is 0 Å². The molecule has 0 saturated carbocycles. The van der Waals surface area contributed by atoms with Gasteiger partial charge in [-0.05, 0) is 76.6 Å². The smallest absolute Gasteiger partial charge is 0.326 e. The van der Waals surface area contributed by atoms with Crippen molar-refractivity contribution in [2.24, 2.45) is 0 Å². The zero-order chi connectivity index (χ0) is 27.7. The highest BCUT2D eigenvalue weighted by Crippen LogP contribution is 2.29. The molecule has 1 fully saturated rings. The van der Waals surface area contributed by atoms with Crippen molar-refractivity contribution in [3.63, 3.8) is 0 Å². The summed E-state index contributed by atoms with van der Waals surface area (Å²) in [6, 6.07) is 15.0. The van der Waals surface area contributed by atoms with E-state index < -0.39 is 23.5 Å². The number of carbonyl (C=O) groups is 3. The molecule has 0 radical (unpaired) electrons. The number of halogens is 1. The molecule has 0 aromatic heterocycles. The molecule has 0 bridgehead atoms. The Kier molecular flexibility index (Phi) is 10.4. The molecule has 1 aliphatic rings. The largest absolute Gasteiger partial charge is 0.465 e. The molecule has 7 nitrogen and oxygen atoms in total. The van der Waals surface area contributed by atoms with E-state index in [1.807, 2.05) is 30.3 Å². The van der Waals surface area contributed by atoms with Crippen LogP contribution in [-0.4, -0.2) is 60.1 Å². The number of hydrogen-bond donors (Lipinski definition) is 1. The zero-order valence-corrected chi connectivity index (χ0v) is 22.7. The van der Waals surface area contributed by atoms with E-state index in [-0.39, 0.29) is 43.4 Å². The van der Waals surface area contributed by atoms with Gasteiger partial charge in [-0.3, -0.25) is 19.7 Å². The first kappa shape index (κ1) is 29.3. The van der Waals surface area contributed by atoms with Crippen molar-refractivity contribution in [1.82, 2.24) is 10.2 Å². The Balaban J connectivity index is 1.80. The number of rotatable bonds is 10. The summed E-state index contributed by atoms with van der Waals surface area (Å²) >= 11 is 0. The minimum absolute atomic E-state index is 0.208. The molecule has 38 heavy (non-hydrogen) atoms. The fraction of sp³-hybridized carbons (Fsp3) is 0.500. The Morgan fingerprint density at radius 2 is 1.76 bits per heavy atom. The minimum atomic E-state index is -0.688. The molecule has 1 amide bonds. The van der Waals surface area contributed by atoms with Crippen molar-refractivity contribution in [3.05, 3.63) is 71.5 Å². The molecule has 206 valence electrons. The molecule has 1 saturated heterocycles. The molecule has 3 atom stereocenters. The van der Waals surface area contributed by atoms with E-state index in [2.05, 4.69) is 5.32 Å². The second-order valence-electron chi connectivity index (χ2n) is 10.7. The van der Waals surface area contributed by atoms with Crippen LogP contribution in [0.25, 0.3) is 0 Å². The lowest BCUT2D eigenvalue weighted by Crippen LogP contribution is -2.50. The van der Waals surface area contributed by atoms with Gasteiger partial charge in [-0.1, -0.05) is 42.5 Å². The number of benzene rings is 2. The molecular weight excluding hydrogens is 487 g/mol. The Bertz CT molecular complexity index is 1070. The number of aryl methyl sites for hydroxylation is 1. The first-order valence-corrected chi connectivity index (χ1v) is 13.3. The lowest BCUT2D eigenvalue weighted by atomic mass is 9.92. The zero-order valence-electron chi connectivity index (χ0n) is 22.7. The van der Waals surface area contributed by atoms with E-state index in [1.165, 1.54) is 17.0 Å². The van der Waals surface area contributed by atoms with Crippen molar-refractivity contribution in [2.75, 3.05) is 19.7 Å². The quantitative estimate of drug-likeness (QED) is 0.462. The number of nitrogens with zero attached hydrogens (tertiary/aromatic N) is 1. The van der Waals surface area contributed by atoms with Crippen LogP contribution in [0.3, 0.4) is 0 Å². The van der Waals surface area contributed by atoms with Gasteiger partial charge in [0.25, 0.3) is 0 Å². The predicted octanol–water partition coefficient (Wildman–Crippen LogP) is 4.40. The maximum Gasteiger partial charge on any atom is 0.326 e. The molecule has 2 aromatic carbocycles. The maximum atomic E-state index is 13.6. The predicted molar refractivity (Wildman–Crippen MR) is 143 cm³/mol. The topological polar surface area (TPSA) is 84.9 Å². The summed E-state index contributed by atoms with van der Waals surface area (Å²) in [5, 5.41) is 3.42. The first-order chi connectivity index (χ1) is 18.1. The average molecular weight is 527 g/mol. The van der Waals surface area contributed by atoms with Gasteiger partial charge in [-0.15, -0.1) is 0 Å². The molecule has 1 aliphatic heterocycles. The third kappa shape index (κ3) is 8.94. The fourth-order valence-electron chi connectivity index (χ4n) is 4.72. The van der Waals surface area contributed by atoms with Crippen molar-refractivity contribution in [3.8, 4) is 0 Å². The lowest BCUT2D eigenvalue weighted by molar-refractivity contribution is -0.159. The monoisotopic (exact) mass is 526 g/mol. The van der Waals surface area contributed by atoms with Crippen molar-refractivity contribution >= 4 is 17.8 Å². The number of amides is 1. The van der Waals surface area contributed by atoms with Crippen LogP contribution in [-0.2, 0) is 30.3 Å². The molecule has 1 N–H and O–H groups in total. The van der Waals surface area contributed by atoms with Gasteiger partial charge in [-0.25, -0.2) is 4.39 Å². The van der Waals surface area contributed by atoms with E-state index in [4.69, 9.17) is 9.47 Å². The Morgan fingerprint density at radius 1 is 1.08 bits per heavy atom. The number of hydrogen-bond acceptors (Lipinski definition) is 6. The van der Waals surface area contributed by atoms with Crippen molar-refractivity contribution in [2.45, 2.75) is 77.0 Å². The van der Waals surface area contributed by atoms with E-state index in [0.717, 1.165) is 5.56 Å². The van der Waals surface area contributed by atoms with Crippen LogP contribution >= 0.6 is 0 Å². The standard InChI is InChI=1S/C30H39FN2O5/c1-5-37-29(36)26(18-11-21-9-7-6-8-10-21)32-24-16-17-25(22-12-14-23(31)15-13-22)28(35)33(19-24)20-27(34)38-30(2,3)4/h6-10,12-15,24-26,32H,5,11,16-20H2,1-4H3/t24-,25+,26+/m1/s1. The number of carbonyl (C=O) groups excluding carboxylic acids is 3. The number of ether oxygens (including phenoxy) is 2. The van der Waals surface area contributed by atoms with Gasteiger partial charge in [0.1, 0.15) is 24.0 Å². The van der Waals surface area contributed by atoms with Gasteiger partial charge in [0.15, 0.2) is 0 Å². The highest BCUT2D eigenvalue weighted by atomic mass is 19.1. The highest BCUT2D eigenvalue weighted by molar-refractivity contribution is 5.87. The Morgan fingerprint density at radius 3 is 2.39 bits per heavy atom. The fourth-order valence-corrected chi connectivity index (χ4v) is 4.72. The average Bonchev–Trinajstić information content (AvgIpc) is 3.00. The van der Waals surface area contributed by atoms with Gasteiger partial charge < -0.3 is 14.4 Å². The second kappa shape index (κ2) is 13.5. The first-order valence-electron chi connectivity index (χ1n) is 13.3. The van der Waals surface area contributed by atoms with Gasteiger partial charge in [0, 0.05) is 12.6 Å². The van der Waals surface area contributed by atoms with Crippen LogP contribution in [0, 0.1) is 5.82 Å². The van der Waals surface area contributed by atoms with Crippen LogP contribution < -0.4 is 5.32 Å². The molecule has 0 spiro atoms. The number of likely N-dealkylation sites (tertiary alicyclic amines) is 1. The van der Waals surface area contributed by atoms with Crippen LogP contribution in [0.2, 0.25) is 0 Å². The van der Waals surface area contributed by atoms with Crippen molar-refractivity contribution < 1.29 is 28.2 Å². The van der Waals surface area contributed by atoms with Gasteiger partial charge in [0.2, 0.25) is 5.91 Å². The lowest BCUT2D eigenvalue weighted by Gasteiger charge is -2.29. The summed E-state index contributed by atoms with van der Waals surface area (Å²) in [6.45, 7) is 7.39. The Hall–Kier alpha value is -3.26. The van der Waals surface area contributed by atoms with Gasteiger partial charge in [0.05, 0.1) is 12.5 Å². The maximum absolute atomic E-state index is 13.6. The summed E-state index contributed by atoms with van der Waals surface area (Å²) < 4.78 is 24.4. The summed E-state index contributed by atoms with van der Waals surface area (Å²) in [7, 11) is 0. The molecule has 0 aliphatic carbocycles. The van der Waals surface area contributed by atoms with E-state index in [9.17, 15) is 18.8 Å². The van der Waals surface area contributed by atoms with Crippen molar-refractivity contribution in [1.29, 1.82) is 0 Å². The van der Waals surface area contributed by atoms with E-state index >= 15 is 0 Å². The van der Waals surface area contributed by atoms with Crippen LogP contribution in [0.1, 0.15) is 64.0 Å². The second-order valence-corrected chi connectivity index (χ2v) is 10.7. The SMILES string of the molecule is CCOC(=O)[C@H](CCc1ccccc1)N[C@@H]1CC[C@@H](c2ccc(F)cc2)C(=O)N(CC(=O)OC(C)(C)C)C1. The molecule has 0 unspecified atom stereocenters.